The summed E-state index contributed by atoms with van der Waals surface area (Å²) in [6.07, 6.45) is 8.17. The van der Waals surface area contributed by atoms with E-state index in [1.54, 1.807) is 0 Å². The van der Waals surface area contributed by atoms with Crippen LogP contribution in [0.5, 0.6) is 0 Å². The van der Waals surface area contributed by atoms with Crippen LogP contribution in [-0.2, 0) is 20.9 Å². The van der Waals surface area contributed by atoms with Crippen molar-refractivity contribution in [1.29, 1.82) is 0 Å². The lowest BCUT2D eigenvalue weighted by atomic mass is 9.72. The van der Waals surface area contributed by atoms with E-state index < -0.39 is 0 Å². The zero-order valence-corrected chi connectivity index (χ0v) is 16.2. The number of ether oxygens (including phenoxy) is 2. The molecule has 0 amide bonds. The van der Waals surface area contributed by atoms with Crippen molar-refractivity contribution in [1.82, 2.24) is 5.32 Å². The monoisotopic (exact) mass is 359 g/mol. The Kier molecular flexibility index (Phi) is 6.71. The Bertz CT molecular complexity index is 576. The molecule has 0 unspecified atom stereocenters. The van der Waals surface area contributed by atoms with Crippen LogP contribution >= 0.6 is 0 Å². The molecule has 1 spiro atoms. The molecule has 0 aromatic heterocycles. The van der Waals surface area contributed by atoms with Gasteiger partial charge in [-0.3, -0.25) is 4.79 Å². The second-order valence-electron chi connectivity index (χ2n) is 8.03. The standard InChI is InChI=1S/C22H33NO3/c1-17(21(24)25-2)20-11-7-14-22(20)13-6-10-19(23-22)12-15-26-16-18-8-4-3-5-9-18/h3-5,8-9,17,19-20,23H,6-7,10-16H2,1-2H3/t17-,19-,20-,22-/m1/s1. The number of carbonyl (C=O) groups is 1. The van der Waals surface area contributed by atoms with Crippen LogP contribution in [-0.4, -0.2) is 31.3 Å². The van der Waals surface area contributed by atoms with Crippen molar-refractivity contribution < 1.29 is 14.3 Å². The maximum atomic E-state index is 12.1. The highest BCUT2D eigenvalue weighted by Crippen LogP contribution is 2.46. The zero-order valence-electron chi connectivity index (χ0n) is 16.2. The molecule has 0 radical (unpaired) electrons. The van der Waals surface area contributed by atoms with E-state index in [0.29, 0.717) is 18.6 Å². The molecule has 1 aliphatic carbocycles. The molecule has 1 aliphatic heterocycles. The van der Waals surface area contributed by atoms with Gasteiger partial charge in [0.1, 0.15) is 0 Å². The van der Waals surface area contributed by atoms with Gasteiger partial charge in [0.15, 0.2) is 0 Å². The Balaban J connectivity index is 1.50. The highest BCUT2D eigenvalue weighted by molar-refractivity contribution is 5.72. The molecule has 4 nitrogen and oxygen atoms in total. The second kappa shape index (κ2) is 9.01. The third-order valence-electron chi connectivity index (χ3n) is 6.41. The first-order valence-corrected chi connectivity index (χ1v) is 10.1. The van der Waals surface area contributed by atoms with E-state index in [1.165, 1.54) is 44.8 Å². The zero-order chi connectivity index (χ0) is 18.4. The van der Waals surface area contributed by atoms with Gasteiger partial charge in [-0.15, -0.1) is 0 Å². The summed E-state index contributed by atoms with van der Waals surface area (Å²) in [7, 11) is 1.50. The van der Waals surface area contributed by atoms with Crippen LogP contribution in [0.3, 0.4) is 0 Å². The average Bonchev–Trinajstić information content (AvgIpc) is 3.07. The molecular weight excluding hydrogens is 326 g/mol. The van der Waals surface area contributed by atoms with E-state index in [9.17, 15) is 4.79 Å². The summed E-state index contributed by atoms with van der Waals surface area (Å²) in [4.78, 5) is 12.1. The lowest BCUT2D eigenvalue weighted by molar-refractivity contribution is -0.148. The topological polar surface area (TPSA) is 47.6 Å². The van der Waals surface area contributed by atoms with Crippen LogP contribution in [0.2, 0.25) is 0 Å². The number of hydrogen-bond donors (Lipinski definition) is 1. The number of benzene rings is 1. The van der Waals surface area contributed by atoms with Gasteiger partial charge in [-0.05, 0) is 43.6 Å². The predicted octanol–water partition coefficient (Wildman–Crippen LogP) is 4.08. The summed E-state index contributed by atoms with van der Waals surface area (Å²) in [5.41, 5.74) is 1.35. The normalized spacial score (nSPS) is 29.6. The van der Waals surface area contributed by atoms with Gasteiger partial charge in [-0.25, -0.2) is 0 Å². The summed E-state index contributed by atoms with van der Waals surface area (Å²) in [6, 6.07) is 10.8. The van der Waals surface area contributed by atoms with Crippen LogP contribution in [0, 0.1) is 11.8 Å². The Labute approximate surface area is 157 Å². The van der Waals surface area contributed by atoms with Crippen molar-refractivity contribution in [2.75, 3.05) is 13.7 Å². The van der Waals surface area contributed by atoms with Crippen LogP contribution < -0.4 is 5.32 Å². The molecule has 4 atom stereocenters. The largest absolute Gasteiger partial charge is 0.469 e. The number of carbonyl (C=O) groups excluding carboxylic acids is 1. The molecule has 3 rings (SSSR count). The van der Waals surface area contributed by atoms with Gasteiger partial charge < -0.3 is 14.8 Å². The van der Waals surface area contributed by atoms with Crippen LogP contribution in [0.15, 0.2) is 30.3 Å². The summed E-state index contributed by atoms with van der Waals surface area (Å²) in [6.45, 7) is 3.50. The SMILES string of the molecule is COC(=O)[C@H](C)[C@H]1CCC[C@]12CCC[C@H](CCOCc1ccccc1)N2. The summed E-state index contributed by atoms with van der Waals surface area (Å²) in [5, 5.41) is 3.95. The van der Waals surface area contributed by atoms with Gasteiger partial charge in [-0.2, -0.15) is 0 Å². The molecule has 144 valence electrons. The van der Waals surface area contributed by atoms with Crippen LogP contribution in [0.25, 0.3) is 0 Å². The third-order valence-corrected chi connectivity index (χ3v) is 6.41. The van der Waals surface area contributed by atoms with Crippen molar-refractivity contribution in [2.24, 2.45) is 11.8 Å². The van der Waals surface area contributed by atoms with Crippen molar-refractivity contribution in [3.05, 3.63) is 35.9 Å². The Morgan fingerprint density at radius 1 is 1.23 bits per heavy atom. The van der Waals surface area contributed by atoms with Gasteiger partial charge in [0.25, 0.3) is 0 Å². The first kappa shape index (κ1) is 19.4. The predicted molar refractivity (Wildman–Crippen MR) is 103 cm³/mol. The molecule has 1 aromatic rings. The van der Waals surface area contributed by atoms with Gasteiger partial charge >= 0.3 is 5.97 Å². The highest BCUT2D eigenvalue weighted by Gasteiger charge is 2.49. The molecule has 1 saturated carbocycles. The fourth-order valence-electron chi connectivity index (χ4n) is 5.09. The third kappa shape index (κ3) is 4.47. The maximum absolute atomic E-state index is 12.1. The van der Waals surface area contributed by atoms with E-state index in [-0.39, 0.29) is 17.4 Å². The molecule has 1 heterocycles. The fraction of sp³-hybridized carbons (Fsp3) is 0.682. The smallest absolute Gasteiger partial charge is 0.308 e. The fourth-order valence-corrected chi connectivity index (χ4v) is 5.09. The summed E-state index contributed by atoms with van der Waals surface area (Å²) >= 11 is 0. The minimum Gasteiger partial charge on any atom is -0.469 e. The first-order valence-electron chi connectivity index (χ1n) is 10.1. The minimum atomic E-state index is -0.0635. The number of piperidine rings is 1. The molecule has 2 fully saturated rings. The molecule has 0 bridgehead atoms. The van der Waals surface area contributed by atoms with Gasteiger partial charge in [0, 0.05) is 18.2 Å². The number of nitrogens with one attached hydrogen (secondary N) is 1. The quantitative estimate of drug-likeness (QED) is 0.588. The first-order chi connectivity index (χ1) is 12.6. The molecule has 1 N–H and O–H groups in total. The van der Waals surface area contributed by atoms with Crippen molar-refractivity contribution in [2.45, 2.75) is 70.1 Å². The maximum Gasteiger partial charge on any atom is 0.308 e. The van der Waals surface area contributed by atoms with E-state index in [0.717, 1.165) is 19.4 Å². The number of esters is 1. The average molecular weight is 360 g/mol. The Morgan fingerprint density at radius 2 is 1.96 bits per heavy atom. The molecule has 1 saturated heterocycles. The summed E-state index contributed by atoms with van der Waals surface area (Å²) in [5.74, 6) is 0.303. The van der Waals surface area contributed by atoms with Crippen molar-refractivity contribution in [3.63, 3.8) is 0 Å². The van der Waals surface area contributed by atoms with Gasteiger partial charge in [0.2, 0.25) is 0 Å². The number of hydrogen-bond acceptors (Lipinski definition) is 4. The minimum absolute atomic E-state index is 0.0249. The second-order valence-corrected chi connectivity index (χ2v) is 8.03. The Hall–Kier alpha value is -1.39. The van der Waals surface area contributed by atoms with Crippen molar-refractivity contribution >= 4 is 5.97 Å². The number of rotatable bonds is 7. The van der Waals surface area contributed by atoms with E-state index in [4.69, 9.17) is 9.47 Å². The molecule has 26 heavy (non-hydrogen) atoms. The number of methoxy groups -OCH3 is 1. The molecule has 2 aliphatic rings. The van der Waals surface area contributed by atoms with Crippen LogP contribution in [0.1, 0.15) is 57.4 Å². The van der Waals surface area contributed by atoms with Crippen LogP contribution in [0.4, 0.5) is 0 Å². The molecule has 4 heteroatoms. The lowest BCUT2D eigenvalue weighted by Crippen LogP contribution is -2.57. The van der Waals surface area contributed by atoms with E-state index in [1.807, 2.05) is 25.1 Å². The van der Waals surface area contributed by atoms with E-state index >= 15 is 0 Å². The summed E-state index contributed by atoms with van der Waals surface area (Å²) < 4.78 is 10.9. The molecule has 1 aromatic carbocycles. The molecular formula is C22H33NO3. The highest BCUT2D eigenvalue weighted by atomic mass is 16.5. The van der Waals surface area contributed by atoms with Gasteiger partial charge in [0.05, 0.1) is 19.6 Å². The van der Waals surface area contributed by atoms with Gasteiger partial charge in [-0.1, -0.05) is 50.1 Å². The lowest BCUT2D eigenvalue weighted by Gasteiger charge is -2.45. The van der Waals surface area contributed by atoms with E-state index in [2.05, 4.69) is 17.4 Å². The van der Waals surface area contributed by atoms with Crippen molar-refractivity contribution in [3.8, 4) is 0 Å². The Morgan fingerprint density at radius 3 is 2.69 bits per heavy atom.